The highest BCUT2D eigenvalue weighted by atomic mass is 35.5. The van der Waals surface area contributed by atoms with Crippen molar-refractivity contribution >= 4 is 17.5 Å². The van der Waals surface area contributed by atoms with Crippen LogP contribution in [-0.2, 0) is 23.0 Å². The lowest BCUT2D eigenvalue weighted by molar-refractivity contribution is -0.147. The van der Waals surface area contributed by atoms with Crippen LogP contribution in [0, 0.1) is 5.82 Å². The molecule has 6 nitrogen and oxygen atoms in total. The van der Waals surface area contributed by atoms with Crippen molar-refractivity contribution in [1.82, 2.24) is 19.6 Å². The number of benzene rings is 1. The first-order valence-electron chi connectivity index (χ1n) is 8.84. The molecule has 146 valence electrons. The third-order valence-electron chi connectivity index (χ3n) is 4.67. The number of likely N-dealkylation sites (N-methyl/N-ethyl adjacent to an activating group) is 1. The largest absolute Gasteiger partial charge is 0.373 e. The molecule has 27 heavy (non-hydrogen) atoms. The smallest absolute Gasteiger partial charge is 0.227 e. The molecule has 1 aliphatic heterocycles. The van der Waals surface area contributed by atoms with Crippen LogP contribution in [0.3, 0.4) is 0 Å². The number of hydrogen-bond acceptors (Lipinski definition) is 4. The molecular weight excluding hydrogens is 371 g/mol. The van der Waals surface area contributed by atoms with Crippen LogP contribution in [0.25, 0.3) is 0 Å². The van der Waals surface area contributed by atoms with E-state index in [0.717, 1.165) is 5.56 Å². The molecule has 1 aromatic carbocycles. The topological polar surface area (TPSA) is 50.6 Å². The molecule has 2 heterocycles. The third kappa shape index (κ3) is 4.48. The number of hydrogen-bond donors (Lipinski definition) is 0. The Labute approximate surface area is 163 Å². The minimum absolute atomic E-state index is 0.0864. The van der Waals surface area contributed by atoms with Gasteiger partial charge in [0, 0.05) is 42.5 Å². The Morgan fingerprint density at radius 2 is 2.22 bits per heavy atom. The molecule has 0 radical (unpaired) electrons. The molecule has 1 saturated heterocycles. The summed E-state index contributed by atoms with van der Waals surface area (Å²) in [5, 5.41) is 4.50. The van der Waals surface area contributed by atoms with E-state index in [1.165, 1.54) is 12.1 Å². The summed E-state index contributed by atoms with van der Waals surface area (Å²) in [6.07, 6.45) is 3.35. The average Bonchev–Trinajstić information content (AvgIpc) is 3.03. The van der Waals surface area contributed by atoms with Crippen molar-refractivity contribution in [1.29, 1.82) is 0 Å². The van der Waals surface area contributed by atoms with E-state index in [9.17, 15) is 9.18 Å². The highest BCUT2D eigenvalue weighted by molar-refractivity contribution is 6.31. The number of amides is 1. The maximum atomic E-state index is 14.2. The Morgan fingerprint density at radius 1 is 1.44 bits per heavy atom. The zero-order valence-electron chi connectivity index (χ0n) is 15.7. The maximum Gasteiger partial charge on any atom is 0.227 e. The molecule has 3 rings (SSSR count). The van der Waals surface area contributed by atoms with Crippen LogP contribution in [0.5, 0.6) is 0 Å². The standard InChI is InChI=1S/C19H24ClFN4O2/c1-23(2)12-17-19(13-10-22-24(3)11-13)25(7-8-27-17)18(26)9-14-15(20)5-4-6-16(14)21/h4-6,10-11,17,19H,7-9,12H2,1-3H3/t17-,19-/m0/s1. The van der Waals surface area contributed by atoms with Crippen LogP contribution < -0.4 is 0 Å². The van der Waals surface area contributed by atoms with Gasteiger partial charge in [-0.3, -0.25) is 9.48 Å². The number of carbonyl (C=O) groups excluding carboxylic acids is 1. The maximum absolute atomic E-state index is 14.2. The molecule has 0 saturated carbocycles. The predicted molar refractivity (Wildman–Crippen MR) is 101 cm³/mol. The van der Waals surface area contributed by atoms with E-state index >= 15 is 0 Å². The van der Waals surface area contributed by atoms with Crippen molar-refractivity contribution < 1.29 is 13.9 Å². The van der Waals surface area contributed by atoms with Crippen molar-refractivity contribution in [2.45, 2.75) is 18.6 Å². The molecule has 1 aliphatic rings. The van der Waals surface area contributed by atoms with E-state index in [0.29, 0.717) is 19.7 Å². The SMILES string of the molecule is CN(C)C[C@@H]1OCCN(C(=O)Cc2c(F)cccc2Cl)[C@H]1c1cnn(C)c1. The fourth-order valence-electron chi connectivity index (χ4n) is 3.47. The van der Waals surface area contributed by atoms with Crippen LogP contribution in [0.1, 0.15) is 17.2 Å². The molecule has 0 bridgehead atoms. The Morgan fingerprint density at radius 3 is 2.85 bits per heavy atom. The van der Waals surface area contributed by atoms with Gasteiger partial charge in [-0.2, -0.15) is 5.10 Å². The van der Waals surface area contributed by atoms with Crippen molar-refractivity contribution in [2.75, 3.05) is 33.8 Å². The number of ether oxygens (including phenoxy) is 1. The summed E-state index contributed by atoms with van der Waals surface area (Å²) in [6, 6.07) is 4.17. The molecule has 0 aliphatic carbocycles. The Hall–Kier alpha value is -1.96. The number of aromatic nitrogens is 2. The molecule has 0 unspecified atom stereocenters. The summed E-state index contributed by atoms with van der Waals surface area (Å²) in [7, 11) is 5.76. The van der Waals surface area contributed by atoms with Crippen LogP contribution in [0.4, 0.5) is 4.39 Å². The lowest BCUT2D eigenvalue weighted by atomic mass is 9.99. The second kappa shape index (κ2) is 8.37. The summed E-state index contributed by atoms with van der Waals surface area (Å²) in [4.78, 5) is 16.9. The lowest BCUT2D eigenvalue weighted by Gasteiger charge is -2.42. The number of nitrogens with zero attached hydrogens (tertiary/aromatic N) is 4. The highest BCUT2D eigenvalue weighted by Crippen LogP contribution is 2.31. The Balaban J connectivity index is 1.89. The van der Waals surface area contributed by atoms with Gasteiger partial charge in [-0.05, 0) is 26.2 Å². The normalized spacial score (nSPS) is 20.3. The second-order valence-electron chi connectivity index (χ2n) is 7.03. The van der Waals surface area contributed by atoms with E-state index in [1.807, 2.05) is 32.2 Å². The van der Waals surface area contributed by atoms with E-state index in [4.69, 9.17) is 16.3 Å². The lowest BCUT2D eigenvalue weighted by Crippen LogP contribution is -2.51. The van der Waals surface area contributed by atoms with Crippen LogP contribution in [-0.4, -0.2) is 65.4 Å². The van der Waals surface area contributed by atoms with Gasteiger partial charge in [0.25, 0.3) is 0 Å². The van der Waals surface area contributed by atoms with Gasteiger partial charge in [0.15, 0.2) is 0 Å². The summed E-state index contributed by atoms with van der Waals surface area (Å²) in [5.74, 6) is -0.644. The molecule has 2 atom stereocenters. The van der Waals surface area contributed by atoms with Crippen LogP contribution in [0.2, 0.25) is 5.02 Å². The first kappa shape index (κ1) is 19.8. The van der Waals surface area contributed by atoms with Gasteiger partial charge >= 0.3 is 0 Å². The summed E-state index contributed by atoms with van der Waals surface area (Å²) < 4.78 is 21.8. The number of halogens is 2. The first-order valence-corrected chi connectivity index (χ1v) is 9.22. The van der Waals surface area contributed by atoms with E-state index in [2.05, 4.69) is 5.10 Å². The van der Waals surface area contributed by atoms with Crippen molar-refractivity contribution in [2.24, 2.45) is 7.05 Å². The predicted octanol–water partition coefficient (Wildman–Crippen LogP) is 2.29. The zero-order valence-corrected chi connectivity index (χ0v) is 16.5. The van der Waals surface area contributed by atoms with Crippen molar-refractivity contribution in [3.8, 4) is 0 Å². The Bertz CT molecular complexity index is 791. The molecule has 1 fully saturated rings. The first-order chi connectivity index (χ1) is 12.9. The third-order valence-corrected chi connectivity index (χ3v) is 5.03. The van der Waals surface area contributed by atoms with Gasteiger partial charge in [-0.25, -0.2) is 4.39 Å². The average molecular weight is 395 g/mol. The highest BCUT2D eigenvalue weighted by Gasteiger charge is 2.37. The molecular formula is C19H24ClFN4O2. The van der Waals surface area contributed by atoms with E-state index in [-0.39, 0.29) is 35.1 Å². The van der Waals surface area contributed by atoms with Gasteiger partial charge in [0.05, 0.1) is 31.4 Å². The molecule has 2 aromatic rings. The molecule has 0 N–H and O–H groups in total. The van der Waals surface area contributed by atoms with E-state index < -0.39 is 5.82 Å². The zero-order chi connectivity index (χ0) is 19.6. The second-order valence-corrected chi connectivity index (χ2v) is 7.43. The van der Waals surface area contributed by atoms with Gasteiger partial charge in [0.1, 0.15) is 5.82 Å². The quantitative estimate of drug-likeness (QED) is 0.780. The number of morpholine rings is 1. The fraction of sp³-hybridized carbons (Fsp3) is 0.474. The summed E-state index contributed by atoms with van der Waals surface area (Å²) in [6.45, 7) is 1.53. The van der Waals surface area contributed by atoms with Crippen molar-refractivity contribution in [3.05, 3.63) is 52.6 Å². The van der Waals surface area contributed by atoms with Crippen LogP contribution >= 0.6 is 11.6 Å². The molecule has 1 aromatic heterocycles. The summed E-state index contributed by atoms with van der Waals surface area (Å²) >= 11 is 6.11. The number of carbonyl (C=O) groups is 1. The minimum Gasteiger partial charge on any atom is -0.373 e. The number of aryl methyl sites for hydroxylation is 1. The molecule has 0 spiro atoms. The Kier molecular flexibility index (Phi) is 6.14. The fourth-order valence-corrected chi connectivity index (χ4v) is 3.70. The van der Waals surface area contributed by atoms with Crippen molar-refractivity contribution in [3.63, 3.8) is 0 Å². The summed E-state index contributed by atoms with van der Waals surface area (Å²) in [5.41, 5.74) is 1.13. The van der Waals surface area contributed by atoms with Gasteiger partial charge in [0.2, 0.25) is 5.91 Å². The minimum atomic E-state index is -0.466. The number of rotatable bonds is 5. The van der Waals surface area contributed by atoms with Gasteiger partial charge in [-0.1, -0.05) is 17.7 Å². The van der Waals surface area contributed by atoms with E-state index in [1.54, 1.807) is 21.8 Å². The van der Waals surface area contributed by atoms with Gasteiger partial charge < -0.3 is 14.5 Å². The molecule has 8 heteroatoms. The van der Waals surface area contributed by atoms with Gasteiger partial charge in [-0.15, -0.1) is 0 Å². The van der Waals surface area contributed by atoms with Crippen LogP contribution in [0.15, 0.2) is 30.6 Å². The monoisotopic (exact) mass is 394 g/mol. The molecule has 1 amide bonds.